The number of ether oxygens (including phenoxy) is 1. The molecular formula is C16H11ClN3O4S+. The Kier molecular flexibility index (Phi) is 4.70. The molecule has 0 unspecified atom stereocenters. The first-order chi connectivity index (χ1) is 12.0. The fraction of sp³-hybridized carbons (Fsp3) is 0.125. The van der Waals surface area contributed by atoms with Crippen LogP contribution in [0.15, 0.2) is 30.6 Å². The van der Waals surface area contributed by atoms with Crippen LogP contribution in [0.4, 0.5) is 0 Å². The average molecular weight is 377 g/mol. The number of rotatable bonds is 5. The zero-order chi connectivity index (χ0) is 18.0. The summed E-state index contributed by atoms with van der Waals surface area (Å²) in [6.07, 6.45) is 8.16. The summed E-state index contributed by atoms with van der Waals surface area (Å²) in [7, 11) is 0. The molecule has 0 saturated heterocycles. The summed E-state index contributed by atoms with van der Waals surface area (Å²) in [5.41, 5.74) is 0.315. The van der Waals surface area contributed by atoms with E-state index in [2.05, 4.69) is 15.6 Å². The summed E-state index contributed by atoms with van der Waals surface area (Å²) in [5.74, 6) is -0.387. The Balaban J connectivity index is 2.11. The van der Waals surface area contributed by atoms with Crippen LogP contribution in [-0.2, 0) is 16.1 Å². The van der Waals surface area contributed by atoms with Crippen molar-refractivity contribution in [3.8, 4) is 18.2 Å². The highest BCUT2D eigenvalue weighted by Crippen LogP contribution is 2.24. The van der Waals surface area contributed by atoms with E-state index in [0.29, 0.717) is 10.1 Å². The minimum absolute atomic E-state index is 0.196. The number of aromatic hydroxyl groups is 1. The quantitative estimate of drug-likeness (QED) is 0.239. The number of fused-ring (bicyclic) bond motifs is 1. The van der Waals surface area contributed by atoms with Gasteiger partial charge < -0.3 is 9.84 Å². The topological polar surface area (TPSA) is 85.5 Å². The van der Waals surface area contributed by atoms with Crippen LogP contribution < -0.4 is 4.40 Å². The number of carbonyl (C=O) groups excluding carboxylic acids is 2. The average Bonchev–Trinajstić information content (AvgIpc) is 3.14. The van der Waals surface area contributed by atoms with Crippen LogP contribution in [0, 0.1) is 12.3 Å². The number of nitrogens with zero attached hydrogens (tertiary/aromatic N) is 3. The molecule has 7 nitrogen and oxygen atoms in total. The standard InChI is InChI=1S/C16H10ClN3O4S/c1-2-7-24-15(23)13(21)12-14(22)19-6-4-3-5-11(19)20(12)9-10-8-18-16(17)25-10/h1,3-6,8H,7,9H2/p+1. The smallest absolute Gasteiger partial charge is 0.384 e. The van der Waals surface area contributed by atoms with Crippen molar-refractivity contribution in [1.29, 1.82) is 0 Å². The summed E-state index contributed by atoms with van der Waals surface area (Å²) in [6, 6.07) is 5.13. The molecule has 0 atom stereocenters. The minimum atomic E-state index is -1.14. The van der Waals surface area contributed by atoms with Crippen LogP contribution in [0.1, 0.15) is 15.4 Å². The highest BCUT2D eigenvalue weighted by molar-refractivity contribution is 7.15. The van der Waals surface area contributed by atoms with E-state index in [4.69, 9.17) is 18.0 Å². The van der Waals surface area contributed by atoms with Crippen LogP contribution in [0.25, 0.3) is 5.65 Å². The van der Waals surface area contributed by atoms with E-state index in [1.54, 1.807) is 30.6 Å². The van der Waals surface area contributed by atoms with Gasteiger partial charge in [0.2, 0.25) is 0 Å². The summed E-state index contributed by atoms with van der Waals surface area (Å²) in [6.45, 7) is -0.134. The number of terminal acetylenes is 1. The van der Waals surface area contributed by atoms with Gasteiger partial charge in [-0.25, -0.2) is 14.3 Å². The van der Waals surface area contributed by atoms with Gasteiger partial charge in [-0.1, -0.05) is 23.6 Å². The third kappa shape index (κ3) is 3.20. The number of thiazole rings is 1. The summed E-state index contributed by atoms with van der Waals surface area (Å²) in [4.78, 5) is 29.1. The highest BCUT2D eigenvalue weighted by Gasteiger charge is 2.35. The summed E-state index contributed by atoms with van der Waals surface area (Å²) in [5, 5.41) is 10.4. The van der Waals surface area contributed by atoms with Gasteiger partial charge in [-0.15, -0.1) is 17.8 Å². The molecule has 0 fully saturated rings. The van der Waals surface area contributed by atoms with Gasteiger partial charge in [0.25, 0.3) is 11.3 Å². The van der Waals surface area contributed by atoms with Crippen molar-refractivity contribution in [1.82, 2.24) is 9.55 Å². The van der Waals surface area contributed by atoms with E-state index < -0.39 is 11.8 Å². The van der Waals surface area contributed by atoms with Crippen molar-refractivity contribution in [3.63, 3.8) is 0 Å². The number of imidazole rings is 1. The van der Waals surface area contributed by atoms with Crippen LogP contribution in [0.3, 0.4) is 0 Å². The molecule has 3 rings (SSSR count). The van der Waals surface area contributed by atoms with Gasteiger partial charge in [0.15, 0.2) is 11.1 Å². The number of Topliss-reactive ketones (excluding diaryl/α,β-unsaturated/α-hetero) is 1. The molecule has 3 aromatic heterocycles. The molecule has 0 radical (unpaired) electrons. The van der Waals surface area contributed by atoms with Gasteiger partial charge in [0.1, 0.15) is 6.54 Å². The SMILES string of the molecule is C#CCOC(=O)C(=O)c1c(O)[n+]2ccccc2n1Cc1cnc(Cl)s1. The number of ketones is 1. The Bertz CT molecular complexity index is 1020. The molecule has 3 heterocycles. The zero-order valence-corrected chi connectivity index (χ0v) is 14.3. The van der Waals surface area contributed by atoms with Crippen LogP contribution in [-0.4, -0.2) is 33.0 Å². The molecular weight excluding hydrogens is 366 g/mol. The maximum atomic E-state index is 12.5. The normalized spacial score (nSPS) is 10.6. The summed E-state index contributed by atoms with van der Waals surface area (Å²) < 4.78 is 7.92. The monoisotopic (exact) mass is 376 g/mol. The summed E-state index contributed by atoms with van der Waals surface area (Å²) >= 11 is 7.08. The van der Waals surface area contributed by atoms with Crippen molar-refractivity contribution in [2.45, 2.75) is 6.54 Å². The number of pyridine rings is 1. The molecule has 0 saturated carbocycles. The van der Waals surface area contributed by atoms with Gasteiger partial charge in [0, 0.05) is 12.3 Å². The molecule has 0 aliphatic carbocycles. The highest BCUT2D eigenvalue weighted by atomic mass is 35.5. The lowest BCUT2D eigenvalue weighted by Gasteiger charge is -2.01. The van der Waals surface area contributed by atoms with E-state index >= 15 is 0 Å². The molecule has 0 aromatic carbocycles. The Morgan fingerprint density at radius 1 is 1.48 bits per heavy atom. The van der Waals surface area contributed by atoms with Gasteiger partial charge in [-0.05, 0) is 6.07 Å². The number of carbonyl (C=O) groups is 2. The van der Waals surface area contributed by atoms with E-state index in [1.165, 1.54) is 20.3 Å². The van der Waals surface area contributed by atoms with E-state index in [-0.39, 0.29) is 24.7 Å². The second-order valence-corrected chi connectivity index (χ2v) is 6.57. The fourth-order valence-electron chi connectivity index (χ4n) is 2.35. The van der Waals surface area contributed by atoms with Crippen LogP contribution in [0.5, 0.6) is 5.88 Å². The van der Waals surface area contributed by atoms with Gasteiger partial charge >= 0.3 is 17.6 Å². The zero-order valence-electron chi connectivity index (χ0n) is 12.7. The lowest BCUT2D eigenvalue weighted by molar-refractivity contribution is -0.521. The van der Waals surface area contributed by atoms with Crippen LogP contribution in [0.2, 0.25) is 4.47 Å². The maximum absolute atomic E-state index is 12.5. The fourth-order valence-corrected chi connectivity index (χ4v) is 3.32. The first-order valence-electron chi connectivity index (χ1n) is 7.00. The van der Waals surface area contributed by atoms with Gasteiger partial charge in [0.05, 0.1) is 11.1 Å². The number of esters is 1. The Hall–Kier alpha value is -2.89. The lowest BCUT2D eigenvalue weighted by Crippen LogP contribution is -2.21. The molecule has 9 heteroatoms. The second kappa shape index (κ2) is 6.93. The largest absolute Gasteiger partial charge is 0.474 e. The molecule has 0 bridgehead atoms. The Morgan fingerprint density at radius 2 is 2.28 bits per heavy atom. The van der Waals surface area contributed by atoms with Crippen molar-refractivity contribution in [2.75, 3.05) is 6.61 Å². The number of hydrogen-bond acceptors (Lipinski definition) is 6. The first kappa shape index (κ1) is 17.0. The van der Waals surface area contributed by atoms with Crippen molar-refractivity contribution in [3.05, 3.63) is 45.6 Å². The lowest BCUT2D eigenvalue weighted by atomic mass is 10.3. The van der Waals surface area contributed by atoms with Crippen molar-refractivity contribution >= 4 is 40.3 Å². The third-order valence-electron chi connectivity index (χ3n) is 3.35. The number of hydrogen-bond donors (Lipinski definition) is 1. The van der Waals surface area contributed by atoms with Gasteiger partial charge in [-0.3, -0.25) is 4.79 Å². The van der Waals surface area contributed by atoms with Crippen molar-refractivity contribution < 1.29 is 23.8 Å². The third-order valence-corrected chi connectivity index (χ3v) is 4.45. The molecule has 1 N–H and O–H groups in total. The molecule has 0 spiro atoms. The Morgan fingerprint density at radius 3 is 2.96 bits per heavy atom. The maximum Gasteiger partial charge on any atom is 0.384 e. The molecule has 0 aliphatic heterocycles. The molecule has 25 heavy (non-hydrogen) atoms. The van der Waals surface area contributed by atoms with E-state index in [0.717, 1.165) is 4.88 Å². The van der Waals surface area contributed by atoms with Crippen molar-refractivity contribution in [2.24, 2.45) is 0 Å². The number of halogens is 1. The van der Waals surface area contributed by atoms with Gasteiger partial charge in [-0.2, -0.15) is 4.40 Å². The van der Waals surface area contributed by atoms with Crippen LogP contribution >= 0.6 is 22.9 Å². The number of aromatic nitrogens is 3. The minimum Gasteiger partial charge on any atom is -0.474 e. The van der Waals surface area contributed by atoms with E-state index in [1.807, 2.05) is 0 Å². The second-order valence-electron chi connectivity index (χ2n) is 4.88. The molecule has 3 aromatic rings. The Labute approximate surface area is 151 Å². The molecule has 126 valence electrons. The first-order valence-corrected chi connectivity index (χ1v) is 8.19. The van der Waals surface area contributed by atoms with E-state index in [9.17, 15) is 14.7 Å². The molecule has 0 amide bonds. The molecule has 0 aliphatic rings. The predicted octanol–water partition coefficient (Wildman–Crippen LogP) is 1.45. The predicted molar refractivity (Wildman–Crippen MR) is 89.6 cm³/mol.